The van der Waals surface area contributed by atoms with Crippen molar-refractivity contribution in [2.45, 2.75) is 64.2 Å². The molecule has 3 heterocycles. The standard InChI is InChI=1S/C20H30BN3O3/c1-18(2)19(3,4)27-21(26-18)16-6-7-17(22-10-16)24-11-14-8-20(5,23-13-25)9-15(14)12-24/h6-7,10,13-15H,8-9,11-12H2,1-5H3,(H,23,25)/t14-,15+,20?. The first-order chi connectivity index (χ1) is 12.6. The molecule has 0 bridgehead atoms. The third-order valence-electron chi connectivity index (χ3n) is 7.03. The first-order valence-corrected chi connectivity index (χ1v) is 9.90. The highest BCUT2D eigenvalue weighted by atomic mass is 16.7. The Morgan fingerprint density at radius 1 is 1.11 bits per heavy atom. The van der Waals surface area contributed by atoms with Gasteiger partial charge in [0.1, 0.15) is 5.82 Å². The SMILES string of the molecule is CC1(NC=O)C[C@H]2CN(c3ccc(B4OC(C)(C)C(C)(C)O4)cn3)C[C@H]2C1. The Bertz CT molecular complexity index is 692. The van der Waals surface area contributed by atoms with Crippen LogP contribution in [0.1, 0.15) is 47.5 Å². The highest BCUT2D eigenvalue weighted by molar-refractivity contribution is 6.62. The van der Waals surface area contributed by atoms with Gasteiger partial charge in [0, 0.05) is 30.3 Å². The molecule has 3 aliphatic rings. The van der Waals surface area contributed by atoms with E-state index < -0.39 is 0 Å². The number of pyridine rings is 1. The van der Waals surface area contributed by atoms with Crippen molar-refractivity contribution in [1.29, 1.82) is 0 Å². The van der Waals surface area contributed by atoms with Crippen LogP contribution in [-0.2, 0) is 14.1 Å². The highest BCUT2D eigenvalue weighted by Crippen LogP contribution is 2.44. The van der Waals surface area contributed by atoms with Crippen molar-refractivity contribution in [1.82, 2.24) is 10.3 Å². The summed E-state index contributed by atoms with van der Waals surface area (Å²) in [6.45, 7) is 12.4. The van der Waals surface area contributed by atoms with Gasteiger partial charge >= 0.3 is 7.12 Å². The Hall–Kier alpha value is -1.60. The number of hydrogen-bond donors (Lipinski definition) is 1. The van der Waals surface area contributed by atoms with E-state index in [-0.39, 0.29) is 23.9 Å². The normalized spacial score (nSPS) is 34.0. The molecule has 146 valence electrons. The van der Waals surface area contributed by atoms with E-state index in [0.29, 0.717) is 11.8 Å². The highest BCUT2D eigenvalue weighted by Gasteiger charge is 2.52. The zero-order chi connectivity index (χ0) is 19.4. The van der Waals surface area contributed by atoms with Crippen molar-refractivity contribution in [3.8, 4) is 0 Å². The van der Waals surface area contributed by atoms with E-state index in [1.165, 1.54) is 0 Å². The molecule has 7 heteroatoms. The van der Waals surface area contributed by atoms with Crippen LogP contribution in [0.15, 0.2) is 18.3 Å². The lowest BCUT2D eigenvalue weighted by atomic mass is 9.80. The molecule has 0 radical (unpaired) electrons. The molecule has 1 unspecified atom stereocenters. The van der Waals surface area contributed by atoms with Crippen LogP contribution in [0.2, 0.25) is 0 Å². The smallest absolute Gasteiger partial charge is 0.399 e. The molecule has 4 rings (SSSR count). The van der Waals surface area contributed by atoms with Crippen molar-refractivity contribution in [2.75, 3.05) is 18.0 Å². The second kappa shape index (κ2) is 6.21. The maximum Gasteiger partial charge on any atom is 0.496 e. The number of carbonyl (C=O) groups is 1. The minimum absolute atomic E-state index is 0.0444. The summed E-state index contributed by atoms with van der Waals surface area (Å²) in [6.07, 6.45) is 4.80. The Labute approximate surface area is 162 Å². The number of nitrogens with one attached hydrogen (secondary N) is 1. The van der Waals surface area contributed by atoms with E-state index >= 15 is 0 Å². The summed E-state index contributed by atoms with van der Waals surface area (Å²) < 4.78 is 12.2. The van der Waals surface area contributed by atoms with Crippen LogP contribution in [0, 0.1) is 11.8 Å². The summed E-state index contributed by atoms with van der Waals surface area (Å²) in [6, 6.07) is 4.14. The number of carbonyl (C=O) groups excluding carboxylic acids is 1. The quantitative estimate of drug-likeness (QED) is 0.645. The van der Waals surface area contributed by atoms with Gasteiger partial charge < -0.3 is 19.5 Å². The number of hydrogen-bond acceptors (Lipinski definition) is 5. The van der Waals surface area contributed by atoms with Crippen LogP contribution < -0.4 is 15.7 Å². The van der Waals surface area contributed by atoms with Gasteiger partial charge in [0.15, 0.2) is 0 Å². The van der Waals surface area contributed by atoms with Gasteiger partial charge in [-0.1, -0.05) is 6.07 Å². The number of aromatic nitrogens is 1. The molecule has 1 N–H and O–H groups in total. The Kier molecular flexibility index (Phi) is 4.31. The summed E-state index contributed by atoms with van der Waals surface area (Å²) in [5.41, 5.74) is 0.229. The summed E-state index contributed by atoms with van der Waals surface area (Å²) in [5.74, 6) is 2.24. The van der Waals surface area contributed by atoms with Gasteiger partial charge in [0.05, 0.1) is 11.2 Å². The Balaban J connectivity index is 1.41. The largest absolute Gasteiger partial charge is 0.496 e. The summed E-state index contributed by atoms with van der Waals surface area (Å²) in [4.78, 5) is 17.9. The fourth-order valence-corrected chi connectivity index (χ4v) is 4.79. The van der Waals surface area contributed by atoms with E-state index in [1.54, 1.807) is 0 Å². The summed E-state index contributed by atoms with van der Waals surface area (Å²) >= 11 is 0. The molecule has 3 atom stereocenters. The molecular formula is C20H30BN3O3. The van der Waals surface area contributed by atoms with Crippen LogP contribution in [0.4, 0.5) is 5.82 Å². The molecule has 3 fully saturated rings. The van der Waals surface area contributed by atoms with Crippen LogP contribution in [-0.4, -0.2) is 48.3 Å². The number of anilines is 1. The van der Waals surface area contributed by atoms with E-state index in [1.807, 2.05) is 6.20 Å². The monoisotopic (exact) mass is 371 g/mol. The first-order valence-electron chi connectivity index (χ1n) is 9.90. The van der Waals surface area contributed by atoms with E-state index in [2.05, 4.69) is 57.0 Å². The lowest BCUT2D eigenvalue weighted by Gasteiger charge is -2.32. The van der Waals surface area contributed by atoms with Crippen LogP contribution in [0.25, 0.3) is 0 Å². The fourth-order valence-electron chi connectivity index (χ4n) is 4.79. The summed E-state index contributed by atoms with van der Waals surface area (Å²) in [5, 5.41) is 3.01. The van der Waals surface area contributed by atoms with Crippen molar-refractivity contribution >= 4 is 24.8 Å². The third kappa shape index (κ3) is 3.25. The second-order valence-corrected chi connectivity index (χ2v) is 9.69. The molecule has 1 saturated carbocycles. The van der Waals surface area contributed by atoms with Crippen molar-refractivity contribution in [2.24, 2.45) is 11.8 Å². The molecular weight excluding hydrogens is 341 g/mol. The van der Waals surface area contributed by atoms with Gasteiger partial charge in [-0.2, -0.15) is 0 Å². The van der Waals surface area contributed by atoms with Gasteiger partial charge in [-0.3, -0.25) is 4.79 Å². The molecule has 2 saturated heterocycles. The maximum atomic E-state index is 10.8. The zero-order valence-electron chi connectivity index (χ0n) is 17.0. The molecule has 1 aromatic rings. The zero-order valence-corrected chi connectivity index (χ0v) is 17.0. The molecule has 6 nitrogen and oxygen atoms in total. The third-order valence-corrected chi connectivity index (χ3v) is 7.03. The van der Waals surface area contributed by atoms with Gasteiger partial charge in [-0.25, -0.2) is 4.98 Å². The van der Waals surface area contributed by atoms with Gasteiger partial charge in [0.25, 0.3) is 0 Å². The second-order valence-electron chi connectivity index (χ2n) is 9.69. The van der Waals surface area contributed by atoms with Gasteiger partial charge in [0.2, 0.25) is 6.41 Å². The van der Waals surface area contributed by atoms with Crippen molar-refractivity contribution < 1.29 is 14.1 Å². The number of rotatable bonds is 4. The molecule has 0 spiro atoms. The minimum Gasteiger partial charge on any atom is -0.399 e. The molecule has 27 heavy (non-hydrogen) atoms. The predicted octanol–water partition coefficient (Wildman–Crippen LogP) is 1.73. The Morgan fingerprint density at radius 2 is 1.70 bits per heavy atom. The average molecular weight is 371 g/mol. The van der Waals surface area contributed by atoms with E-state index in [0.717, 1.165) is 43.6 Å². The summed E-state index contributed by atoms with van der Waals surface area (Å²) in [7, 11) is -0.371. The van der Waals surface area contributed by atoms with Crippen LogP contribution >= 0.6 is 0 Å². The number of amides is 1. The predicted molar refractivity (Wildman–Crippen MR) is 106 cm³/mol. The van der Waals surface area contributed by atoms with Crippen molar-refractivity contribution in [3.05, 3.63) is 18.3 Å². The molecule has 0 aromatic carbocycles. The first kappa shape index (κ1) is 18.8. The number of fused-ring (bicyclic) bond motifs is 1. The van der Waals surface area contributed by atoms with Crippen molar-refractivity contribution in [3.63, 3.8) is 0 Å². The molecule has 1 aliphatic carbocycles. The van der Waals surface area contributed by atoms with E-state index in [9.17, 15) is 4.79 Å². The fraction of sp³-hybridized carbons (Fsp3) is 0.700. The lowest BCUT2D eigenvalue weighted by Crippen LogP contribution is -2.41. The van der Waals surface area contributed by atoms with Gasteiger partial charge in [-0.15, -0.1) is 0 Å². The topological polar surface area (TPSA) is 63.7 Å². The Morgan fingerprint density at radius 3 is 2.19 bits per heavy atom. The van der Waals surface area contributed by atoms with Crippen LogP contribution in [0.5, 0.6) is 0 Å². The van der Waals surface area contributed by atoms with E-state index in [4.69, 9.17) is 14.3 Å². The molecule has 1 aromatic heterocycles. The average Bonchev–Trinajstić information content (AvgIpc) is 3.15. The number of nitrogens with zero attached hydrogens (tertiary/aromatic N) is 2. The van der Waals surface area contributed by atoms with Gasteiger partial charge in [-0.05, 0) is 65.4 Å². The molecule has 1 amide bonds. The maximum absolute atomic E-state index is 10.8. The lowest BCUT2D eigenvalue weighted by molar-refractivity contribution is -0.111. The van der Waals surface area contributed by atoms with Crippen LogP contribution in [0.3, 0.4) is 0 Å². The molecule has 2 aliphatic heterocycles. The minimum atomic E-state index is -0.371.